The van der Waals surface area contributed by atoms with Crippen LogP contribution in [-0.4, -0.2) is 22.8 Å². The van der Waals surface area contributed by atoms with Crippen molar-refractivity contribution in [1.29, 1.82) is 0 Å². The monoisotopic (exact) mass is 476 g/mol. The number of methoxy groups -OCH3 is 1. The third-order valence-electron chi connectivity index (χ3n) is 5.74. The molecule has 178 valence electrons. The van der Waals surface area contributed by atoms with E-state index in [0.29, 0.717) is 11.4 Å². The number of nitrogens with zero attached hydrogens (tertiary/aromatic N) is 3. The topological polar surface area (TPSA) is 59.4 Å². The van der Waals surface area contributed by atoms with Crippen molar-refractivity contribution in [2.75, 3.05) is 11.5 Å². The Bertz CT molecular complexity index is 1220. The number of nitrogens with one attached hydrogen (secondary N) is 1. The summed E-state index contributed by atoms with van der Waals surface area (Å²) < 4.78 is 8.64. The Kier molecular flexibility index (Phi) is 7.57. The molecule has 0 radical (unpaired) electrons. The van der Waals surface area contributed by atoms with Crippen LogP contribution in [0.15, 0.2) is 67.0 Å². The van der Waals surface area contributed by atoms with Gasteiger partial charge in [0.2, 0.25) is 0 Å². The van der Waals surface area contributed by atoms with Gasteiger partial charge in [-0.3, -0.25) is 10.2 Å². The van der Waals surface area contributed by atoms with Crippen LogP contribution in [0.25, 0.3) is 11.8 Å². The van der Waals surface area contributed by atoms with Gasteiger partial charge in [0.25, 0.3) is 5.91 Å². The zero-order valence-corrected chi connectivity index (χ0v) is 21.5. The predicted octanol–water partition coefficient (Wildman–Crippen LogP) is 5.75. The van der Waals surface area contributed by atoms with Gasteiger partial charge in [-0.1, -0.05) is 45.6 Å². The third-order valence-corrected chi connectivity index (χ3v) is 6.05. The van der Waals surface area contributed by atoms with Crippen LogP contribution >= 0.6 is 12.8 Å². The number of thiol groups is 1. The molecule has 0 saturated heterocycles. The lowest BCUT2D eigenvalue weighted by molar-refractivity contribution is -0.117. The maximum atomic E-state index is 12.9. The average molecular weight is 477 g/mol. The second-order valence-electron chi connectivity index (χ2n) is 9.14. The van der Waals surface area contributed by atoms with Crippen LogP contribution in [0.2, 0.25) is 0 Å². The minimum absolute atomic E-state index is 0.0655. The summed E-state index contributed by atoms with van der Waals surface area (Å²) >= 11 is 4.49. The summed E-state index contributed by atoms with van der Waals surface area (Å²) in [5, 5.41) is 4.35. The van der Waals surface area contributed by atoms with E-state index in [2.05, 4.69) is 70.6 Å². The molecule has 7 heteroatoms. The molecule has 1 heterocycles. The normalized spacial score (nSPS) is 11.5. The number of rotatable bonds is 7. The first-order chi connectivity index (χ1) is 16.0. The zero-order valence-electron chi connectivity index (χ0n) is 20.6. The van der Waals surface area contributed by atoms with Crippen LogP contribution in [0.4, 0.5) is 5.69 Å². The molecule has 0 aliphatic carbocycles. The van der Waals surface area contributed by atoms with Crippen molar-refractivity contribution < 1.29 is 9.53 Å². The van der Waals surface area contributed by atoms with E-state index >= 15 is 0 Å². The molecule has 1 aromatic heterocycles. The SMILES string of the molecule is C=C(/C=C\c1c(-n2cccn2)ccc(C)c1C)C(=O)NN(S)c1cc(C(C)(C)C)ccc1OC. The number of carbonyl (C=O) groups excluding carboxylic acids is 1. The van der Waals surface area contributed by atoms with Crippen molar-refractivity contribution in [1.82, 2.24) is 15.2 Å². The zero-order chi connectivity index (χ0) is 25.0. The summed E-state index contributed by atoms with van der Waals surface area (Å²) in [5.41, 5.74) is 8.88. The lowest BCUT2D eigenvalue weighted by atomic mass is 9.87. The summed E-state index contributed by atoms with van der Waals surface area (Å²) in [5.74, 6) is 0.226. The summed E-state index contributed by atoms with van der Waals surface area (Å²) in [7, 11) is 1.59. The van der Waals surface area contributed by atoms with Gasteiger partial charge in [0, 0.05) is 23.5 Å². The van der Waals surface area contributed by atoms with Gasteiger partial charge in [-0.15, -0.1) is 0 Å². The van der Waals surface area contributed by atoms with Crippen molar-refractivity contribution in [2.24, 2.45) is 0 Å². The molecule has 2 aromatic carbocycles. The molecule has 0 spiro atoms. The smallest absolute Gasteiger partial charge is 0.269 e. The van der Waals surface area contributed by atoms with E-state index < -0.39 is 0 Å². The molecule has 3 aromatic rings. The Hall–Kier alpha value is -3.45. The van der Waals surface area contributed by atoms with E-state index in [0.717, 1.165) is 27.9 Å². The van der Waals surface area contributed by atoms with E-state index in [4.69, 9.17) is 4.74 Å². The number of aryl methyl sites for hydroxylation is 1. The molecule has 0 aliphatic rings. The number of hydrogen-bond acceptors (Lipinski definition) is 5. The van der Waals surface area contributed by atoms with Gasteiger partial charge in [-0.25, -0.2) is 9.10 Å². The third kappa shape index (κ3) is 5.54. The van der Waals surface area contributed by atoms with Gasteiger partial charge in [-0.2, -0.15) is 5.10 Å². The van der Waals surface area contributed by atoms with Crippen molar-refractivity contribution in [2.45, 2.75) is 40.0 Å². The molecular weight excluding hydrogens is 444 g/mol. The molecule has 0 aliphatic heterocycles. The van der Waals surface area contributed by atoms with E-state index in [1.165, 1.54) is 4.41 Å². The average Bonchev–Trinajstić information content (AvgIpc) is 3.33. The van der Waals surface area contributed by atoms with Gasteiger partial charge >= 0.3 is 0 Å². The Morgan fingerprint density at radius 1 is 1.24 bits per heavy atom. The molecular formula is C27H32N4O2S. The number of anilines is 1. The highest BCUT2D eigenvalue weighted by molar-refractivity contribution is 7.81. The molecule has 0 saturated carbocycles. The van der Waals surface area contributed by atoms with Gasteiger partial charge in [0.1, 0.15) is 11.4 Å². The number of aromatic nitrogens is 2. The van der Waals surface area contributed by atoms with E-state index in [9.17, 15) is 4.79 Å². The van der Waals surface area contributed by atoms with Gasteiger partial charge in [0.05, 0.1) is 12.8 Å². The first-order valence-electron chi connectivity index (χ1n) is 11.0. The van der Waals surface area contributed by atoms with E-state index in [1.807, 2.05) is 42.6 Å². The number of hydrazine groups is 1. The maximum absolute atomic E-state index is 12.9. The lowest BCUT2D eigenvalue weighted by Gasteiger charge is -2.25. The van der Waals surface area contributed by atoms with Crippen LogP contribution in [0.5, 0.6) is 5.75 Å². The van der Waals surface area contributed by atoms with Crippen LogP contribution in [-0.2, 0) is 10.2 Å². The second kappa shape index (κ2) is 10.2. The van der Waals surface area contributed by atoms with Gasteiger partial charge < -0.3 is 4.74 Å². The number of hydrogen-bond donors (Lipinski definition) is 2. The largest absolute Gasteiger partial charge is 0.494 e. The molecule has 1 amide bonds. The van der Waals surface area contributed by atoms with Crippen molar-refractivity contribution in [3.8, 4) is 11.4 Å². The Labute approximate surface area is 207 Å². The molecule has 1 N–H and O–H groups in total. The highest BCUT2D eigenvalue weighted by atomic mass is 32.1. The minimum Gasteiger partial charge on any atom is -0.494 e. The molecule has 3 rings (SSSR count). The van der Waals surface area contributed by atoms with Crippen LogP contribution in [0.3, 0.4) is 0 Å². The fraction of sp³-hybridized carbons (Fsp3) is 0.259. The summed E-state index contributed by atoms with van der Waals surface area (Å²) in [6.45, 7) is 14.4. The predicted molar refractivity (Wildman–Crippen MR) is 143 cm³/mol. The molecule has 6 nitrogen and oxygen atoms in total. The van der Waals surface area contributed by atoms with Gasteiger partial charge in [0.15, 0.2) is 0 Å². The number of ether oxygens (including phenoxy) is 1. The van der Waals surface area contributed by atoms with E-state index in [-0.39, 0.29) is 16.9 Å². The number of amides is 1. The Morgan fingerprint density at radius 2 is 1.97 bits per heavy atom. The second-order valence-corrected chi connectivity index (χ2v) is 9.54. The van der Waals surface area contributed by atoms with E-state index in [1.54, 1.807) is 24.1 Å². The van der Waals surface area contributed by atoms with Crippen molar-refractivity contribution in [3.05, 3.63) is 89.3 Å². The summed E-state index contributed by atoms with van der Waals surface area (Å²) in [4.78, 5) is 12.9. The highest BCUT2D eigenvalue weighted by Gasteiger charge is 2.19. The minimum atomic E-state index is -0.375. The van der Waals surface area contributed by atoms with Crippen LogP contribution in [0, 0.1) is 13.8 Å². The maximum Gasteiger partial charge on any atom is 0.269 e. The number of benzene rings is 2. The molecule has 0 atom stereocenters. The fourth-order valence-electron chi connectivity index (χ4n) is 3.45. The van der Waals surface area contributed by atoms with Crippen molar-refractivity contribution >= 4 is 30.5 Å². The molecule has 0 fully saturated rings. The van der Waals surface area contributed by atoms with Crippen molar-refractivity contribution in [3.63, 3.8) is 0 Å². The first kappa shape index (κ1) is 25.2. The molecule has 34 heavy (non-hydrogen) atoms. The quantitative estimate of drug-likeness (QED) is 0.197. The summed E-state index contributed by atoms with van der Waals surface area (Å²) in [6, 6.07) is 11.8. The standard InChI is InChI=1S/C27H32N4O2S/c1-18-10-13-23(30-16-8-15-28-30)22(20(18)3)12-9-19(2)26(32)29-31(34)24-17-21(27(4,5)6)11-14-25(24)33-7/h8-17,34H,2H2,1,3-7H3,(H,29,32)/b12-9-. The summed E-state index contributed by atoms with van der Waals surface area (Å²) in [6.07, 6.45) is 7.22. The Morgan fingerprint density at radius 3 is 2.59 bits per heavy atom. The molecule has 0 unspecified atom stereocenters. The fourth-order valence-corrected chi connectivity index (χ4v) is 3.70. The lowest BCUT2D eigenvalue weighted by Crippen LogP contribution is -2.36. The van der Waals surface area contributed by atoms with Crippen LogP contribution in [0.1, 0.15) is 43.0 Å². The molecule has 0 bridgehead atoms. The Balaban J connectivity index is 1.82. The first-order valence-corrected chi connectivity index (χ1v) is 11.4. The van der Waals surface area contributed by atoms with Gasteiger partial charge in [-0.05, 0) is 79.1 Å². The number of carbonyl (C=O) groups is 1. The van der Waals surface area contributed by atoms with Crippen LogP contribution < -0.4 is 14.6 Å². The highest BCUT2D eigenvalue weighted by Crippen LogP contribution is 2.34.